The van der Waals surface area contributed by atoms with E-state index in [1.54, 1.807) is 0 Å². The number of hydrogen-bond donors (Lipinski definition) is 2. The van der Waals surface area contributed by atoms with Crippen LogP contribution >= 0.6 is 0 Å². The molecule has 30 heavy (non-hydrogen) atoms. The maximum atomic E-state index is 12.8. The van der Waals surface area contributed by atoms with Crippen molar-refractivity contribution in [2.24, 2.45) is 34.5 Å². The molecule has 5 rings (SSSR count). The molecule has 4 saturated carbocycles. The smallest absolute Gasteiger partial charge is 0.234 e. The first kappa shape index (κ1) is 21.2. The predicted molar refractivity (Wildman–Crippen MR) is 117 cm³/mol. The molecule has 0 bridgehead atoms. The second kappa shape index (κ2) is 8.04. The van der Waals surface area contributed by atoms with Crippen LogP contribution in [0.3, 0.4) is 0 Å². The van der Waals surface area contributed by atoms with Crippen LogP contribution in [0.15, 0.2) is 0 Å². The van der Waals surface area contributed by atoms with Crippen molar-refractivity contribution in [3.05, 3.63) is 0 Å². The Kier molecular flexibility index (Phi) is 5.69. The number of rotatable bonds is 3. The predicted octanol–water partition coefficient (Wildman–Crippen LogP) is 3.21. The largest absolute Gasteiger partial charge is 0.393 e. The van der Waals surface area contributed by atoms with Gasteiger partial charge in [0.15, 0.2) is 0 Å². The van der Waals surface area contributed by atoms with Crippen molar-refractivity contribution in [1.29, 1.82) is 0 Å². The summed E-state index contributed by atoms with van der Waals surface area (Å²) in [6, 6.07) is 0.343. The van der Waals surface area contributed by atoms with Gasteiger partial charge in [0.1, 0.15) is 0 Å². The van der Waals surface area contributed by atoms with Gasteiger partial charge in [-0.1, -0.05) is 13.8 Å². The molecule has 5 fully saturated rings. The molecule has 1 aliphatic heterocycles. The molecule has 1 amide bonds. The van der Waals surface area contributed by atoms with E-state index in [1.807, 2.05) is 0 Å². The van der Waals surface area contributed by atoms with Crippen LogP contribution in [0, 0.1) is 34.5 Å². The molecule has 0 radical (unpaired) electrons. The van der Waals surface area contributed by atoms with E-state index in [1.165, 1.54) is 38.5 Å². The first-order valence-electron chi connectivity index (χ1n) is 12.7. The monoisotopic (exact) mass is 418 g/mol. The summed E-state index contributed by atoms with van der Waals surface area (Å²) in [6.45, 7) is 8.80. The number of fused-ring (bicyclic) bond motifs is 5. The van der Waals surface area contributed by atoms with Gasteiger partial charge in [-0.3, -0.25) is 9.69 Å². The van der Waals surface area contributed by atoms with Crippen molar-refractivity contribution < 1.29 is 14.6 Å². The Bertz CT molecular complexity index is 650. The van der Waals surface area contributed by atoms with E-state index in [2.05, 4.69) is 24.1 Å². The van der Waals surface area contributed by atoms with Gasteiger partial charge in [0.25, 0.3) is 0 Å². The Labute approximate surface area is 182 Å². The van der Waals surface area contributed by atoms with E-state index in [9.17, 15) is 9.90 Å². The average molecular weight is 419 g/mol. The van der Waals surface area contributed by atoms with Gasteiger partial charge in [-0.25, -0.2) is 0 Å². The first-order chi connectivity index (χ1) is 14.4. The standard InChI is InChI=1S/C25H42N2O3/c1-24-9-7-18(28)15-17(24)3-4-19-20-5-6-22(25(20,2)10-8-21(19)24)26-23(29)16-27-11-13-30-14-12-27/h17-22,28H,3-16H2,1-2H3,(H,26,29)/t17-,18-,19+,20+,21-,22-,24-,25-/m0/s1. The van der Waals surface area contributed by atoms with E-state index in [0.717, 1.165) is 69.2 Å². The van der Waals surface area contributed by atoms with E-state index >= 15 is 0 Å². The molecule has 0 spiro atoms. The summed E-state index contributed by atoms with van der Waals surface area (Å²) in [5.41, 5.74) is 0.695. The lowest BCUT2D eigenvalue weighted by atomic mass is 9.45. The second-order valence-electron chi connectivity index (χ2n) is 11.7. The number of hydrogen-bond acceptors (Lipinski definition) is 4. The number of carbonyl (C=O) groups excluding carboxylic acids is 1. The number of amides is 1. The summed E-state index contributed by atoms with van der Waals surface area (Å²) in [5.74, 6) is 3.33. The molecule has 5 heteroatoms. The zero-order valence-corrected chi connectivity index (χ0v) is 19.1. The number of morpholine rings is 1. The summed E-state index contributed by atoms with van der Waals surface area (Å²) >= 11 is 0. The van der Waals surface area contributed by atoms with Crippen LogP contribution in [0.2, 0.25) is 0 Å². The minimum absolute atomic E-state index is 0.0639. The van der Waals surface area contributed by atoms with Crippen LogP contribution in [0.5, 0.6) is 0 Å². The van der Waals surface area contributed by atoms with Crippen LogP contribution in [0.1, 0.15) is 71.6 Å². The summed E-state index contributed by atoms with van der Waals surface area (Å²) in [6.07, 6.45) is 10.8. The van der Waals surface area contributed by atoms with Gasteiger partial charge in [-0.2, -0.15) is 0 Å². The number of aliphatic hydroxyl groups is 1. The van der Waals surface area contributed by atoms with E-state index in [0.29, 0.717) is 18.0 Å². The first-order valence-corrected chi connectivity index (χ1v) is 12.7. The quantitative estimate of drug-likeness (QED) is 0.739. The molecule has 1 saturated heterocycles. The van der Waals surface area contributed by atoms with Crippen LogP contribution in [-0.2, 0) is 9.53 Å². The molecule has 2 N–H and O–H groups in total. The molecule has 170 valence electrons. The molecule has 4 aliphatic carbocycles. The Balaban J connectivity index is 1.25. The summed E-state index contributed by atoms with van der Waals surface area (Å²) in [7, 11) is 0. The molecule has 8 atom stereocenters. The molecule has 0 aromatic heterocycles. The fraction of sp³-hybridized carbons (Fsp3) is 0.960. The number of ether oxygens (including phenoxy) is 1. The van der Waals surface area contributed by atoms with Gasteiger partial charge >= 0.3 is 0 Å². The fourth-order valence-electron chi connectivity index (χ4n) is 8.67. The molecule has 0 unspecified atom stereocenters. The molecule has 5 aliphatic rings. The third-order valence-corrected chi connectivity index (χ3v) is 10.4. The van der Waals surface area contributed by atoms with Crippen LogP contribution in [0.4, 0.5) is 0 Å². The molecular weight excluding hydrogens is 376 g/mol. The minimum atomic E-state index is -0.0639. The van der Waals surface area contributed by atoms with Crippen molar-refractivity contribution in [3.8, 4) is 0 Å². The number of aliphatic hydroxyl groups excluding tert-OH is 1. The number of nitrogens with zero attached hydrogens (tertiary/aromatic N) is 1. The minimum Gasteiger partial charge on any atom is -0.393 e. The summed E-state index contributed by atoms with van der Waals surface area (Å²) < 4.78 is 5.42. The van der Waals surface area contributed by atoms with Crippen LogP contribution < -0.4 is 5.32 Å². The van der Waals surface area contributed by atoms with Gasteiger partial charge in [0, 0.05) is 19.1 Å². The second-order valence-corrected chi connectivity index (χ2v) is 11.7. The highest BCUT2D eigenvalue weighted by Crippen LogP contribution is 2.66. The SMILES string of the molecule is C[C@]12CC[C@H](O)C[C@@H]1CC[C@@H]1[C@H]3CC[C@H](NC(=O)CN4CCOCC4)[C@@]3(C)CC[C@@H]12. The molecule has 1 heterocycles. The zero-order chi connectivity index (χ0) is 20.9. The van der Waals surface area contributed by atoms with E-state index in [-0.39, 0.29) is 17.4 Å². The van der Waals surface area contributed by atoms with Crippen molar-refractivity contribution in [2.75, 3.05) is 32.8 Å². The Morgan fingerprint density at radius 2 is 1.73 bits per heavy atom. The van der Waals surface area contributed by atoms with Gasteiger partial charge in [0.2, 0.25) is 5.91 Å². The number of nitrogens with one attached hydrogen (secondary N) is 1. The van der Waals surface area contributed by atoms with Gasteiger partial charge in [-0.15, -0.1) is 0 Å². The summed E-state index contributed by atoms with van der Waals surface area (Å²) in [5, 5.41) is 13.7. The maximum absolute atomic E-state index is 12.8. The van der Waals surface area contributed by atoms with Crippen LogP contribution in [-0.4, -0.2) is 60.9 Å². The topological polar surface area (TPSA) is 61.8 Å². The molecule has 0 aromatic carbocycles. The third kappa shape index (κ3) is 3.53. The summed E-state index contributed by atoms with van der Waals surface area (Å²) in [4.78, 5) is 15.0. The normalized spacial score (nSPS) is 49.0. The van der Waals surface area contributed by atoms with Crippen LogP contribution in [0.25, 0.3) is 0 Å². The van der Waals surface area contributed by atoms with E-state index in [4.69, 9.17) is 4.74 Å². The van der Waals surface area contributed by atoms with Crippen molar-refractivity contribution >= 4 is 5.91 Å². The lowest BCUT2D eigenvalue weighted by Crippen LogP contribution is -2.56. The van der Waals surface area contributed by atoms with Crippen molar-refractivity contribution in [1.82, 2.24) is 10.2 Å². The third-order valence-electron chi connectivity index (χ3n) is 10.4. The average Bonchev–Trinajstić information content (AvgIpc) is 3.05. The Hall–Kier alpha value is -0.650. The van der Waals surface area contributed by atoms with Crippen molar-refractivity contribution in [3.63, 3.8) is 0 Å². The maximum Gasteiger partial charge on any atom is 0.234 e. The van der Waals surface area contributed by atoms with Crippen molar-refractivity contribution in [2.45, 2.75) is 83.8 Å². The number of carbonyl (C=O) groups is 1. The highest BCUT2D eigenvalue weighted by Gasteiger charge is 2.60. The lowest BCUT2D eigenvalue weighted by molar-refractivity contribution is -0.131. The molecule has 0 aromatic rings. The highest BCUT2D eigenvalue weighted by molar-refractivity contribution is 5.78. The zero-order valence-electron chi connectivity index (χ0n) is 19.1. The lowest BCUT2D eigenvalue weighted by Gasteiger charge is -2.61. The highest BCUT2D eigenvalue weighted by atomic mass is 16.5. The van der Waals surface area contributed by atoms with Gasteiger partial charge in [-0.05, 0) is 92.3 Å². The molecular formula is C25H42N2O3. The van der Waals surface area contributed by atoms with Gasteiger partial charge in [0.05, 0.1) is 25.9 Å². The molecule has 5 nitrogen and oxygen atoms in total. The van der Waals surface area contributed by atoms with Gasteiger partial charge < -0.3 is 15.2 Å². The fourth-order valence-corrected chi connectivity index (χ4v) is 8.67. The Morgan fingerprint density at radius 1 is 1.00 bits per heavy atom. The van der Waals surface area contributed by atoms with E-state index < -0.39 is 0 Å². The Morgan fingerprint density at radius 3 is 2.53 bits per heavy atom.